The number of H-pyrrole nitrogens is 1. The van der Waals surface area contributed by atoms with Crippen molar-refractivity contribution in [3.8, 4) is 0 Å². The van der Waals surface area contributed by atoms with Crippen molar-refractivity contribution < 1.29 is 9.53 Å². The third-order valence-electron chi connectivity index (χ3n) is 4.14. The van der Waals surface area contributed by atoms with Gasteiger partial charge in [-0.05, 0) is 49.4 Å². The molecule has 1 aromatic carbocycles. The van der Waals surface area contributed by atoms with Crippen LogP contribution in [0.25, 0.3) is 10.9 Å². The number of aromatic nitrogens is 1. The Morgan fingerprint density at radius 3 is 2.90 bits per heavy atom. The van der Waals surface area contributed by atoms with Crippen molar-refractivity contribution in [3.05, 3.63) is 35.0 Å². The zero-order valence-corrected chi connectivity index (χ0v) is 12.8. The van der Waals surface area contributed by atoms with Gasteiger partial charge >= 0.3 is 6.09 Å². The second kappa shape index (κ2) is 5.98. The van der Waals surface area contributed by atoms with E-state index in [-0.39, 0.29) is 6.09 Å². The predicted molar refractivity (Wildman–Crippen MR) is 83.9 cm³/mol. The monoisotopic (exact) mass is 306 g/mol. The van der Waals surface area contributed by atoms with Gasteiger partial charge in [-0.1, -0.05) is 11.6 Å². The normalized spacial score (nSPS) is 16.4. The standard InChI is InChI=1S/C16H19ClN2O2/c1-2-21-16(20)19-7-5-11(6-8-19)14-10-18-15-4-3-12(17)9-13(14)15/h3-4,9-11,18H,2,5-8H2,1H3. The minimum absolute atomic E-state index is 0.196. The summed E-state index contributed by atoms with van der Waals surface area (Å²) in [5.74, 6) is 0.461. The molecule has 1 amide bonds. The van der Waals surface area contributed by atoms with Crippen molar-refractivity contribution in [2.75, 3.05) is 19.7 Å². The molecule has 21 heavy (non-hydrogen) atoms. The molecule has 0 aliphatic carbocycles. The van der Waals surface area contributed by atoms with Crippen LogP contribution < -0.4 is 0 Å². The fraction of sp³-hybridized carbons (Fsp3) is 0.438. The van der Waals surface area contributed by atoms with Crippen LogP contribution in [0.2, 0.25) is 5.02 Å². The summed E-state index contributed by atoms with van der Waals surface area (Å²) in [7, 11) is 0. The van der Waals surface area contributed by atoms with Crippen molar-refractivity contribution in [2.24, 2.45) is 0 Å². The van der Waals surface area contributed by atoms with Crippen molar-refractivity contribution in [2.45, 2.75) is 25.7 Å². The number of carbonyl (C=O) groups excluding carboxylic acids is 1. The van der Waals surface area contributed by atoms with E-state index in [1.807, 2.05) is 25.1 Å². The first-order chi connectivity index (χ1) is 10.2. The van der Waals surface area contributed by atoms with Crippen molar-refractivity contribution in [1.82, 2.24) is 9.88 Å². The molecule has 4 nitrogen and oxygen atoms in total. The number of rotatable bonds is 2. The van der Waals surface area contributed by atoms with Crippen LogP contribution in [0, 0.1) is 0 Å². The first-order valence-corrected chi connectivity index (χ1v) is 7.75. The van der Waals surface area contributed by atoms with Gasteiger partial charge in [-0.25, -0.2) is 4.79 Å². The van der Waals surface area contributed by atoms with Gasteiger partial charge in [-0.2, -0.15) is 0 Å². The van der Waals surface area contributed by atoms with Crippen molar-refractivity contribution >= 4 is 28.6 Å². The lowest BCUT2D eigenvalue weighted by Crippen LogP contribution is -2.38. The number of likely N-dealkylation sites (tertiary alicyclic amines) is 1. The van der Waals surface area contributed by atoms with E-state index in [9.17, 15) is 4.79 Å². The Labute approximate surface area is 129 Å². The third kappa shape index (κ3) is 2.86. The molecule has 0 saturated carbocycles. The first-order valence-electron chi connectivity index (χ1n) is 7.37. The highest BCUT2D eigenvalue weighted by Crippen LogP contribution is 2.34. The minimum atomic E-state index is -0.196. The number of carbonyl (C=O) groups is 1. The van der Waals surface area contributed by atoms with Crippen LogP contribution >= 0.6 is 11.6 Å². The molecule has 5 heteroatoms. The van der Waals surface area contributed by atoms with Crippen LogP contribution in [0.3, 0.4) is 0 Å². The van der Waals surface area contributed by atoms with Gasteiger partial charge in [0.25, 0.3) is 0 Å². The summed E-state index contributed by atoms with van der Waals surface area (Å²) < 4.78 is 5.06. The van der Waals surface area contributed by atoms with E-state index in [4.69, 9.17) is 16.3 Å². The molecule has 3 rings (SSSR count). The summed E-state index contributed by atoms with van der Waals surface area (Å²) in [5.41, 5.74) is 2.42. The van der Waals surface area contributed by atoms with Gasteiger partial charge in [-0.3, -0.25) is 0 Å². The molecule has 0 radical (unpaired) electrons. The van der Waals surface area contributed by atoms with E-state index in [0.29, 0.717) is 12.5 Å². The van der Waals surface area contributed by atoms with Crippen LogP contribution in [-0.2, 0) is 4.74 Å². The van der Waals surface area contributed by atoms with E-state index in [1.165, 1.54) is 10.9 Å². The summed E-state index contributed by atoms with van der Waals surface area (Å²) in [6.07, 6.45) is 3.79. The smallest absolute Gasteiger partial charge is 0.409 e. The lowest BCUT2D eigenvalue weighted by Gasteiger charge is -2.31. The zero-order chi connectivity index (χ0) is 14.8. The lowest BCUT2D eigenvalue weighted by molar-refractivity contribution is 0.0971. The Morgan fingerprint density at radius 2 is 2.19 bits per heavy atom. The molecular weight excluding hydrogens is 288 g/mol. The molecule has 1 fully saturated rings. The Kier molecular flexibility index (Phi) is 4.06. The van der Waals surface area contributed by atoms with Gasteiger partial charge in [0.15, 0.2) is 0 Å². The second-order valence-electron chi connectivity index (χ2n) is 5.39. The fourth-order valence-electron chi connectivity index (χ4n) is 3.04. The molecule has 2 heterocycles. The van der Waals surface area contributed by atoms with Gasteiger partial charge in [0.1, 0.15) is 0 Å². The molecule has 0 bridgehead atoms. The molecular formula is C16H19ClN2O2. The van der Waals surface area contributed by atoms with E-state index in [0.717, 1.165) is 36.5 Å². The average Bonchev–Trinajstić information content (AvgIpc) is 2.90. The molecule has 0 unspecified atom stereocenters. The van der Waals surface area contributed by atoms with E-state index < -0.39 is 0 Å². The topological polar surface area (TPSA) is 45.3 Å². The van der Waals surface area contributed by atoms with Crippen molar-refractivity contribution in [3.63, 3.8) is 0 Å². The molecule has 1 aliphatic heterocycles. The maximum Gasteiger partial charge on any atom is 0.409 e. The van der Waals surface area contributed by atoms with E-state index in [2.05, 4.69) is 11.2 Å². The maximum absolute atomic E-state index is 11.7. The summed E-state index contributed by atoms with van der Waals surface area (Å²) in [6.45, 7) is 3.76. The Balaban J connectivity index is 1.74. The largest absolute Gasteiger partial charge is 0.450 e. The first kappa shape index (κ1) is 14.3. The van der Waals surface area contributed by atoms with Gasteiger partial charge in [0.05, 0.1) is 6.61 Å². The predicted octanol–water partition coefficient (Wildman–Crippen LogP) is 4.16. The fourth-order valence-corrected chi connectivity index (χ4v) is 3.21. The minimum Gasteiger partial charge on any atom is -0.450 e. The van der Waals surface area contributed by atoms with Crippen LogP contribution in [0.4, 0.5) is 4.79 Å². The Hall–Kier alpha value is -1.68. The molecule has 112 valence electrons. The SMILES string of the molecule is CCOC(=O)N1CCC(c2c[nH]c3ccc(Cl)cc23)CC1. The van der Waals surface area contributed by atoms with Crippen LogP contribution in [0.1, 0.15) is 31.2 Å². The summed E-state index contributed by atoms with van der Waals surface area (Å²) >= 11 is 6.10. The highest BCUT2D eigenvalue weighted by molar-refractivity contribution is 6.31. The quantitative estimate of drug-likeness (QED) is 0.905. The number of hydrogen-bond acceptors (Lipinski definition) is 2. The number of aromatic amines is 1. The maximum atomic E-state index is 11.7. The second-order valence-corrected chi connectivity index (χ2v) is 5.83. The molecule has 1 aromatic heterocycles. The zero-order valence-electron chi connectivity index (χ0n) is 12.1. The number of benzene rings is 1. The number of nitrogens with zero attached hydrogens (tertiary/aromatic N) is 1. The van der Waals surface area contributed by atoms with Crippen LogP contribution in [0.15, 0.2) is 24.4 Å². The molecule has 0 spiro atoms. The third-order valence-corrected chi connectivity index (χ3v) is 4.37. The van der Waals surface area contributed by atoms with Crippen LogP contribution in [0.5, 0.6) is 0 Å². The summed E-state index contributed by atoms with van der Waals surface area (Å²) in [5, 5.41) is 1.95. The van der Waals surface area contributed by atoms with Crippen molar-refractivity contribution in [1.29, 1.82) is 0 Å². The number of piperidine rings is 1. The number of fused-ring (bicyclic) bond motifs is 1. The van der Waals surface area contributed by atoms with Gasteiger partial charge in [0, 0.05) is 35.2 Å². The summed E-state index contributed by atoms with van der Waals surface area (Å²) in [4.78, 5) is 16.8. The van der Waals surface area contributed by atoms with Crippen LogP contribution in [-0.4, -0.2) is 35.7 Å². The number of hydrogen-bond donors (Lipinski definition) is 1. The van der Waals surface area contributed by atoms with E-state index in [1.54, 1.807) is 4.90 Å². The van der Waals surface area contributed by atoms with E-state index >= 15 is 0 Å². The number of halogens is 1. The molecule has 1 aliphatic rings. The number of amides is 1. The van der Waals surface area contributed by atoms with Gasteiger partial charge < -0.3 is 14.6 Å². The lowest BCUT2D eigenvalue weighted by atomic mass is 9.89. The highest BCUT2D eigenvalue weighted by atomic mass is 35.5. The van der Waals surface area contributed by atoms with Gasteiger partial charge in [-0.15, -0.1) is 0 Å². The molecule has 0 atom stereocenters. The Bertz CT molecular complexity index is 645. The molecule has 1 saturated heterocycles. The Morgan fingerprint density at radius 1 is 1.43 bits per heavy atom. The molecule has 2 aromatic rings. The summed E-state index contributed by atoms with van der Waals surface area (Å²) in [6, 6.07) is 5.92. The highest BCUT2D eigenvalue weighted by Gasteiger charge is 2.26. The number of ether oxygens (including phenoxy) is 1. The number of nitrogens with one attached hydrogen (secondary N) is 1. The average molecular weight is 307 g/mol. The van der Waals surface area contributed by atoms with Gasteiger partial charge in [0.2, 0.25) is 0 Å². The molecule has 1 N–H and O–H groups in total.